The number of rotatable bonds is 5. The topological polar surface area (TPSA) is 59.8 Å². The van der Waals surface area contributed by atoms with Gasteiger partial charge in [-0.15, -0.1) is 10.2 Å². The lowest BCUT2D eigenvalue weighted by atomic mass is 10.1. The fraction of sp³-hybridized carbons (Fsp3) is 0.286. The van der Waals surface area contributed by atoms with E-state index in [-0.39, 0.29) is 11.2 Å². The molecule has 0 fully saturated rings. The maximum absolute atomic E-state index is 12.6. The molecular formula is C21H22N4OS. The number of nitrogens with zero attached hydrogens (tertiary/aromatic N) is 3. The van der Waals surface area contributed by atoms with Crippen LogP contribution in [-0.4, -0.2) is 25.9 Å². The minimum Gasteiger partial charge on any atom is -0.325 e. The molecule has 1 aliphatic carbocycles. The van der Waals surface area contributed by atoms with Gasteiger partial charge < -0.3 is 9.88 Å². The number of hydrogen-bond acceptors (Lipinski definition) is 4. The van der Waals surface area contributed by atoms with Gasteiger partial charge in [0.1, 0.15) is 0 Å². The van der Waals surface area contributed by atoms with E-state index in [1.807, 2.05) is 54.9 Å². The molecule has 1 heterocycles. The molecule has 0 bridgehead atoms. The summed E-state index contributed by atoms with van der Waals surface area (Å²) in [5.74, 6) is 0.770. The lowest BCUT2D eigenvalue weighted by Crippen LogP contribution is -2.23. The molecule has 138 valence electrons. The molecule has 5 nitrogen and oxygen atoms in total. The van der Waals surface area contributed by atoms with Crippen LogP contribution in [-0.2, 0) is 24.7 Å². The molecule has 6 heteroatoms. The summed E-state index contributed by atoms with van der Waals surface area (Å²) >= 11 is 1.42. The predicted octanol–water partition coefficient (Wildman–Crippen LogP) is 4.09. The van der Waals surface area contributed by atoms with Crippen molar-refractivity contribution >= 4 is 23.4 Å². The Morgan fingerprint density at radius 1 is 1.11 bits per heavy atom. The summed E-state index contributed by atoms with van der Waals surface area (Å²) in [7, 11) is 1.93. The van der Waals surface area contributed by atoms with Crippen molar-refractivity contribution < 1.29 is 4.79 Å². The van der Waals surface area contributed by atoms with E-state index in [2.05, 4.69) is 27.6 Å². The van der Waals surface area contributed by atoms with Gasteiger partial charge in [0, 0.05) is 18.3 Å². The predicted molar refractivity (Wildman–Crippen MR) is 109 cm³/mol. The van der Waals surface area contributed by atoms with E-state index in [0.717, 1.165) is 35.1 Å². The Morgan fingerprint density at radius 3 is 2.70 bits per heavy atom. The van der Waals surface area contributed by atoms with Gasteiger partial charge in [0.15, 0.2) is 11.0 Å². The van der Waals surface area contributed by atoms with E-state index in [9.17, 15) is 4.79 Å². The van der Waals surface area contributed by atoms with Gasteiger partial charge in [0.2, 0.25) is 5.91 Å². The number of aryl methyl sites for hydroxylation is 2. The summed E-state index contributed by atoms with van der Waals surface area (Å²) in [6, 6.07) is 16.2. The van der Waals surface area contributed by atoms with Gasteiger partial charge in [0.05, 0.1) is 5.25 Å². The number of fused-ring (bicyclic) bond motifs is 1. The van der Waals surface area contributed by atoms with Gasteiger partial charge in [-0.25, -0.2) is 0 Å². The number of aromatic nitrogens is 3. The zero-order chi connectivity index (χ0) is 18.8. The van der Waals surface area contributed by atoms with Crippen LogP contribution in [0.25, 0.3) is 11.4 Å². The molecule has 1 amide bonds. The van der Waals surface area contributed by atoms with E-state index in [1.54, 1.807) is 0 Å². The number of benzene rings is 2. The third-order valence-corrected chi connectivity index (χ3v) is 6.02. The molecule has 0 radical (unpaired) electrons. The Hall–Kier alpha value is -2.60. The SMILES string of the molecule is C[C@@H](Sc1nnc(-c2ccccc2)n1C)C(=O)Nc1ccc2c(c1)CCC2. The van der Waals surface area contributed by atoms with Crippen molar-refractivity contribution in [3.05, 3.63) is 59.7 Å². The van der Waals surface area contributed by atoms with Crippen molar-refractivity contribution in [1.82, 2.24) is 14.8 Å². The molecule has 0 saturated carbocycles. The fourth-order valence-corrected chi connectivity index (χ4v) is 4.18. The van der Waals surface area contributed by atoms with Crippen molar-refractivity contribution in [3.8, 4) is 11.4 Å². The molecule has 2 aromatic carbocycles. The van der Waals surface area contributed by atoms with Crippen LogP contribution in [0.3, 0.4) is 0 Å². The van der Waals surface area contributed by atoms with Gasteiger partial charge in [-0.1, -0.05) is 48.2 Å². The van der Waals surface area contributed by atoms with Gasteiger partial charge in [-0.2, -0.15) is 0 Å². The maximum Gasteiger partial charge on any atom is 0.237 e. The van der Waals surface area contributed by atoms with Crippen LogP contribution in [0.4, 0.5) is 5.69 Å². The smallest absolute Gasteiger partial charge is 0.237 e. The minimum atomic E-state index is -0.273. The fourth-order valence-electron chi connectivity index (χ4n) is 3.36. The molecule has 3 aromatic rings. The zero-order valence-corrected chi connectivity index (χ0v) is 16.3. The maximum atomic E-state index is 12.6. The second-order valence-corrected chi connectivity index (χ2v) is 8.13. The number of thioether (sulfide) groups is 1. The zero-order valence-electron chi connectivity index (χ0n) is 15.5. The Balaban J connectivity index is 1.44. The number of carbonyl (C=O) groups is 1. The lowest BCUT2D eigenvalue weighted by Gasteiger charge is -2.12. The second-order valence-electron chi connectivity index (χ2n) is 6.82. The molecule has 1 atom stereocenters. The van der Waals surface area contributed by atoms with Gasteiger partial charge >= 0.3 is 0 Å². The van der Waals surface area contributed by atoms with Crippen LogP contribution in [0.2, 0.25) is 0 Å². The molecule has 0 unspecified atom stereocenters. The van der Waals surface area contributed by atoms with Crippen molar-refractivity contribution in [1.29, 1.82) is 0 Å². The highest BCUT2D eigenvalue weighted by atomic mass is 32.2. The average molecular weight is 379 g/mol. The van der Waals surface area contributed by atoms with Crippen molar-refractivity contribution in [3.63, 3.8) is 0 Å². The minimum absolute atomic E-state index is 0.0257. The molecule has 27 heavy (non-hydrogen) atoms. The standard InChI is InChI=1S/C21H22N4OS/c1-14(20(26)22-18-12-11-15-9-6-10-17(15)13-18)27-21-24-23-19(25(21)2)16-7-4-3-5-8-16/h3-5,7-8,11-14H,6,9-10H2,1-2H3,(H,22,26)/t14-/m1/s1. The largest absolute Gasteiger partial charge is 0.325 e. The summed E-state index contributed by atoms with van der Waals surface area (Å²) in [6.07, 6.45) is 3.45. The molecule has 4 rings (SSSR count). The van der Waals surface area contributed by atoms with Crippen LogP contribution in [0.5, 0.6) is 0 Å². The van der Waals surface area contributed by atoms with E-state index < -0.39 is 0 Å². The molecule has 0 saturated heterocycles. The molecule has 1 N–H and O–H groups in total. The first-order valence-corrected chi connectivity index (χ1v) is 10.0. The van der Waals surface area contributed by atoms with E-state index >= 15 is 0 Å². The summed E-state index contributed by atoms with van der Waals surface area (Å²) in [5.41, 5.74) is 4.64. The van der Waals surface area contributed by atoms with Crippen LogP contribution in [0.15, 0.2) is 53.7 Å². The Morgan fingerprint density at radius 2 is 1.89 bits per heavy atom. The number of amides is 1. The molecule has 1 aliphatic rings. The normalized spacial score (nSPS) is 14.0. The number of carbonyl (C=O) groups excluding carboxylic acids is 1. The van der Waals surface area contributed by atoms with Crippen molar-refractivity contribution in [2.45, 2.75) is 36.6 Å². The Kier molecular flexibility index (Phi) is 4.99. The Bertz CT molecular complexity index is 968. The Labute approximate surface area is 163 Å². The molecular weight excluding hydrogens is 356 g/mol. The first-order chi connectivity index (χ1) is 13.1. The monoisotopic (exact) mass is 378 g/mol. The number of anilines is 1. The summed E-state index contributed by atoms with van der Waals surface area (Å²) in [6.45, 7) is 1.89. The third-order valence-electron chi connectivity index (χ3n) is 4.88. The average Bonchev–Trinajstić information content (AvgIpc) is 3.29. The third kappa shape index (κ3) is 3.76. The van der Waals surface area contributed by atoms with Gasteiger partial charge in [-0.3, -0.25) is 4.79 Å². The summed E-state index contributed by atoms with van der Waals surface area (Å²) in [4.78, 5) is 12.6. The van der Waals surface area contributed by atoms with E-state index in [1.165, 1.54) is 29.3 Å². The van der Waals surface area contributed by atoms with Crippen LogP contribution in [0.1, 0.15) is 24.5 Å². The quantitative estimate of drug-likeness (QED) is 0.680. The van der Waals surface area contributed by atoms with E-state index in [0.29, 0.717) is 0 Å². The van der Waals surface area contributed by atoms with Crippen molar-refractivity contribution in [2.75, 3.05) is 5.32 Å². The highest BCUT2D eigenvalue weighted by Crippen LogP contribution is 2.28. The first kappa shape index (κ1) is 17.8. The van der Waals surface area contributed by atoms with Crippen molar-refractivity contribution in [2.24, 2.45) is 7.05 Å². The van der Waals surface area contributed by atoms with Crippen LogP contribution >= 0.6 is 11.8 Å². The highest BCUT2D eigenvalue weighted by molar-refractivity contribution is 8.00. The molecule has 1 aromatic heterocycles. The molecule has 0 aliphatic heterocycles. The summed E-state index contributed by atoms with van der Waals surface area (Å²) < 4.78 is 1.93. The van der Waals surface area contributed by atoms with Crippen LogP contribution < -0.4 is 5.32 Å². The van der Waals surface area contributed by atoms with Gasteiger partial charge in [0.25, 0.3) is 0 Å². The summed E-state index contributed by atoms with van der Waals surface area (Å²) in [5, 5.41) is 12.0. The van der Waals surface area contributed by atoms with E-state index in [4.69, 9.17) is 0 Å². The lowest BCUT2D eigenvalue weighted by molar-refractivity contribution is -0.115. The molecule has 0 spiro atoms. The second kappa shape index (κ2) is 7.56. The number of hydrogen-bond donors (Lipinski definition) is 1. The first-order valence-electron chi connectivity index (χ1n) is 9.16. The van der Waals surface area contributed by atoms with Gasteiger partial charge in [-0.05, 0) is 49.4 Å². The number of nitrogens with one attached hydrogen (secondary N) is 1. The highest BCUT2D eigenvalue weighted by Gasteiger charge is 2.20. The van der Waals surface area contributed by atoms with Crippen LogP contribution in [0, 0.1) is 0 Å².